The molecule has 26 heavy (non-hydrogen) atoms. The van der Waals surface area contributed by atoms with E-state index in [4.69, 9.17) is 4.42 Å². The Morgan fingerprint density at radius 1 is 1.00 bits per heavy atom. The van der Waals surface area contributed by atoms with Gasteiger partial charge in [-0.2, -0.15) is 10.2 Å². The number of hydrogen-bond acceptors (Lipinski definition) is 6. The molecule has 0 spiro atoms. The van der Waals surface area contributed by atoms with Crippen LogP contribution in [0.5, 0.6) is 0 Å². The molecule has 4 rings (SSSR count). The molecule has 2 aromatic carbocycles. The van der Waals surface area contributed by atoms with Gasteiger partial charge in [-0.25, -0.2) is 4.98 Å². The highest BCUT2D eigenvalue weighted by molar-refractivity contribution is 5.59. The first-order valence-electron chi connectivity index (χ1n) is 8.79. The number of benzene rings is 2. The van der Waals surface area contributed by atoms with Gasteiger partial charge in [0.05, 0.1) is 18.4 Å². The summed E-state index contributed by atoms with van der Waals surface area (Å²) in [5.41, 5.74) is 4.23. The van der Waals surface area contributed by atoms with Crippen molar-refractivity contribution < 1.29 is 4.42 Å². The Bertz CT molecular complexity index is 835. The maximum Gasteiger partial charge on any atom is 0.181 e. The number of anilines is 1. The van der Waals surface area contributed by atoms with Gasteiger partial charge in [-0.05, 0) is 42.0 Å². The van der Waals surface area contributed by atoms with Gasteiger partial charge >= 0.3 is 0 Å². The molecule has 0 atom stereocenters. The molecule has 0 bridgehead atoms. The third-order valence-corrected chi connectivity index (χ3v) is 4.44. The van der Waals surface area contributed by atoms with E-state index in [2.05, 4.69) is 49.7 Å². The van der Waals surface area contributed by atoms with Crippen LogP contribution in [0, 0.1) is 0 Å². The maximum absolute atomic E-state index is 5.28. The van der Waals surface area contributed by atoms with Gasteiger partial charge in [0.1, 0.15) is 0 Å². The largest absolute Gasteiger partial charge is 0.444 e. The van der Waals surface area contributed by atoms with Crippen LogP contribution >= 0.6 is 0 Å². The third-order valence-electron chi connectivity index (χ3n) is 4.44. The number of oxazole rings is 1. The Morgan fingerprint density at radius 2 is 1.77 bits per heavy atom. The predicted molar refractivity (Wildman–Crippen MR) is 102 cm³/mol. The summed E-state index contributed by atoms with van der Waals surface area (Å²) in [5, 5.41) is 12.0. The lowest BCUT2D eigenvalue weighted by molar-refractivity contribution is 0.572. The Kier molecular flexibility index (Phi) is 5.02. The molecule has 0 unspecified atom stereocenters. The van der Waals surface area contributed by atoms with E-state index in [0.29, 0.717) is 6.54 Å². The molecule has 0 saturated carbocycles. The first-order chi connectivity index (χ1) is 12.9. The monoisotopic (exact) mass is 347 g/mol. The van der Waals surface area contributed by atoms with Crippen LogP contribution in [0.15, 0.2) is 75.8 Å². The van der Waals surface area contributed by atoms with Crippen molar-refractivity contribution in [3.05, 3.63) is 66.7 Å². The van der Waals surface area contributed by atoms with Gasteiger partial charge in [0.25, 0.3) is 0 Å². The molecule has 0 amide bonds. The first kappa shape index (κ1) is 16.5. The SMILES string of the molecule is c1ncc(-c2ccc(N=NCc3ccc(N4CCNCC4)cc3)cc2)o1. The van der Waals surface area contributed by atoms with Crippen molar-refractivity contribution in [1.29, 1.82) is 0 Å². The molecule has 6 nitrogen and oxygen atoms in total. The second kappa shape index (κ2) is 7.93. The average Bonchev–Trinajstić information content (AvgIpc) is 3.25. The molecule has 2 heterocycles. The molecule has 1 saturated heterocycles. The normalized spacial score (nSPS) is 14.8. The van der Waals surface area contributed by atoms with Crippen molar-refractivity contribution in [3.63, 3.8) is 0 Å². The molecule has 1 fully saturated rings. The summed E-state index contributed by atoms with van der Waals surface area (Å²) in [6, 6.07) is 16.4. The lowest BCUT2D eigenvalue weighted by Crippen LogP contribution is -2.43. The Hall–Kier alpha value is -2.99. The zero-order chi connectivity index (χ0) is 17.6. The van der Waals surface area contributed by atoms with Crippen LogP contribution in [-0.2, 0) is 6.54 Å². The molecule has 6 heteroatoms. The van der Waals surface area contributed by atoms with Crippen LogP contribution in [0.4, 0.5) is 11.4 Å². The van der Waals surface area contributed by atoms with Gasteiger partial charge < -0.3 is 14.6 Å². The van der Waals surface area contributed by atoms with Gasteiger partial charge in [0.2, 0.25) is 0 Å². The van der Waals surface area contributed by atoms with Gasteiger partial charge in [0, 0.05) is 37.4 Å². The van der Waals surface area contributed by atoms with Gasteiger partial charge in [-0.15, -0.1) is 0 Å². The molecule has 3 aromatic rings. The molecule has 132 valence electrons. The van der Waals surface area contributed by atoms with E-state index in [1.165, 1.54) is 12.1 Å². The Morgan fingerprint density at radius 3 is 2.46 bits per heavy atom. The summed E-state index contributed by atoms with van der Waals surface area (Å²) in [4.78, 5) is 6.33. The van der Waals surface area contributed by atoms with Crippen molar-refractivity contribution >= 4 is 11.4 Å². The van der Waals surface area contributed by atoms with E-state index >= 15 is 0 Å². The molecular formula is C20H21N5O. The number of rotatable bonds is 5. The fourth-order valence-corrected chi connectivity index (χ4v) is 2.98. The van der Waals surface area contributed by atoms with Crippen LogP contribution in [0.3, 0.4) is 0 Å². The highest BCUT2D eigenvalue weighted by Crippen LogP contribution is 2.22. The summed E-state index contributed by atoms with van der Waals surface area (Å²) < 4.78 is 5.28. The molecule has 1 N–H and O–H groups in total. The minimum atomic E-state index is 0.575. The topological polar surface area (TPSA) is 66.0 Å². The van der Waals surface area contributed by atoms with Crippen LogP contribution in [0.2, 0.25) is 0 Å². The average molecular weight is 347 g/mol. The number of azo groups is 1. The first-order valence-corrected chi connectivity index (χ1v) is 8.79. The fourth-order valence-electron chi connectivity index (χ4n) is 2.98. The van der Waals surface area contributed by atoms with E-state index in [-0.39, 0.29) is 0 Å². The number of hydrogen-bond donors (Lipinski definition) is 1. The number of piperazine rings is 1. The summed E-state index contributed by atoms with van der Waals surface area (Å²) in [7, 11) is 0. The number of nitrogens with zero attached hydrogens (tertiary/aromatic N) is 4. The quantitative estimate of drug-likeness (QED) is 0.708. The van der Waals surface area contributed by atoms with Crippen molar-refractivity contribution in [1.82, 2.24) is 10.3 Å². The maximum atomic E-state index is 5.28. The van der Waals surface area contributed by atoms with E-state index in [9.17, 15) is 0 Å². The number of nitrogens with one attached hydrogen (secondary N) is 1. The summed E-state index contributed by atoms with van der Waals surface area (Å²) in [6.45, 7) is 4.79. The Balaban J connectivity index is 1.34. The number of aromatic nitrogens is 1. The summed E-state index contributed by atoms with van der Waals surface area (Å²) in [5.74, 6) is 0.748. The predicted octanol–water partition coefficient (Wildman–Crippen LogP) is 4.04. The third kappa shape index (κ3) is 3.97. The fraction of sp³-hybridized carbons (Fsp3) is 0.250. The minimum Gasteiger partial charge on any atom is -0.444 e. The molecule has 1 aliphatic heterocycles. The van der Waals surface area contributed by atoms with Crippen LogP contribution in [0.25, 0.3) is 11.3 Å². The lowest BCUT2D eigenvalue weighted by atomic mass is 10.2. The molecule has 1 aromatic heterocycles. The summed E-state index contributed by atoms with van der Waals surface area (Å²) >= 11 is 0. The van der Waals surface area contributed by atoms with Crippen LogP contribution in [0.1, 0.15) is 5.56 Å². The van der Waals surface area contributed by atoms with Crippen LogP contribution < -0.4 is 10.2 Å². The van der Waals surface area contributed by atoms with Gasteiger partial charge in [-0.1, -0.05) is 12.1 Å². The second-order valence-corrected chi connectivity index (χ2v) is 6.22. The van der Waals surface area contributed by atoms with Gasteiger partial charge in [0.15, 0.2) is 12.2 Å². The Labute approximate surface area is 152 Å². The standard InChI is InChI=1S/C20H21N5O/c1-7-19(25-11-9-21-10-12-25)8-2-16(1)13-23-24-18-5-3-17(4-6-18)20-14-22-15-26-20/h1-8,14-15,21H,9-13H2. The van der Waals surface area contributed by atoms with Crippen molar-refractivity contribution in [2.45, 2.75) is 6.54 Å². The minimum absolute atomic E-state index is 0.575. The van der Waals surface area contributed by atoms with Gasteiger partial charge in [-0.3, -0.25) is 0 Å². The molecule has 0 radical (unpaired) electrons. The molecule has 0 aliphatic carbocycles. The lowest BCUT2D eigenvalue weighted by Gasteiger charge is -2.29. The van der Waals surface area contributed by atoms with Crippen LogP contribution in [-0.4, -0.2) is 31.2 Å². The summed E-state index contributed by atoms with van der Waals surface area (Å²) in [6.07, 6.45) is 3.12. The molecule has 1 aliphatic rings. The smallest absolute Gasteiger partial charge is 0.181 e. The zero-order valence-electron chi connectivity index (χ0n) is 14.5. The molecular weight excluding hydrogens is 326 g/mol. The van der Waals surface area contributed by atoms with Crippen molar-refractivity contribution in [2.75, 3.05) is 31.1 Å². The second-order valence-electron chi connectivity index (χ2n) is 6.22. The van der Waals surface area contributed by atoms with Crippen molar-refractivity contribution in [3.8, 4) is 11.3 Å². The highest BCUT2D eigenvalue weighted by atomic mass is 16.3. The zero-order valence-corrected chi connectivity index (χ0v) is 14.5. The van der Waals surface area contributed by atoms with Crippen molar-refractivity contribution in [2.24, 2.45) is 10.2 Å². The van der Waals surface area contributed by atoms with E-state index in [1.54, 1.807) is 6.20 Å². The highest BCUT2D eigenvalue weighted by Gasteiger charge is 2.09. The van der Waals surface area contributed by atoms with E-state index < -0.39 is 0 Å². The van der Waals surface area contributed by atoms with E-state index in [0.717, 1.165) is 48.8 Å². The van der Waals surface area contributed by atoms with E-state index in [1.807, 2.05) is 24.3 Å².